The van der Waals surface area contributed by atoms with Crippen molar-refractivity contribution in [3.63, 3.8) is 0 Å². The van der Waals surface area contributed by atoms with E-state index in [0.29, 0.717) is 19.3 Å². The van der Waals surface area contributed by atoms with Crippen molar-refractivity contribution in [1.29, 1.82) is 0 Å². The molecule has 0 unspecified atom stereocenters. The van der Waals surface area contributed by atoms with E-state index in [1.807, 2.05) is 30.5 Å². The molecule has 1 aliphatic rings. The van der Waals surface area contributed by atoms with Crippen LogP contribution in [0.15, 0.2) is 30.5 Å². The second-order valence-electron chi connectivity index (χ2n) is 6.61. The normalized spacial score (nSPS) is 18.3. The quantitative estimate of drug-likeness (QED) is 0.649. The standard InChI is InChI=1S/C18H23N3O3/c19-17(24)18(8-4-1-5-9-18)21-15(16(22)23)10-12-11-20-14-7-3-2-6-13(12)14/h2-3,6-7,11,15,20-21H,1,4-5,8-10H2,(H2,19,24)(H,22,23)/t15-/m0/s1. The van der Waals surface area contributed by atoms with Crippen LogP contribution in [-0.4, -0.2) is 33.5 Å². The Morgan fingerprint density at radius 2 is 1.96 bits per heavy atom. The van der Waals surface area contributed by atoms with E-state index >= 15 is 0 Å². The zero-order valence-corrected chi connectivity index (χ0v) is 13.5. The van der Waals surface area contributed by atoms with Crippen LogP contribution in [0.5, 0.6) is 0 Å². The molecule has 128 valence electrons. The molecular weight excluding hydrogens is 306 g/mol. The van der Waals surface area contributed by atoms with Crippen molar-refractivity contribution in [2.75, 3.05) is 0 Å². The van der Waals surface area contributed by atoms with Crippen molar-refractivity contribution in [1.82, 2.24) is 10.3 Å². The fourth-order valence-electron chi connectivity index (χ4n) is 3.67. The third-order valence-electron chi connectivity index (χ3n) is 5.03. The number of primary amides is 1. The molecule has 1 aliphatic carbocycles. The molecule has 0 saturated heterocycles. The summed E-state index contributed by atoms with van der Waals surface area (Å²) in [5, 5.41) is 13.7. The third kappa shape index (κ3) is 3.14. The number of aromatic nitrogens is 1. The summed E-state index contributed by atoms with van der Waals surface area (Å²) in [4.78, 5) is 26.9. The second kappa shape index (κ2) is 6.65. The Kier molecular flexibility index (Phi) is 4.57. The minimum absolute atomic E-state index is 0.300. The van der Waals surface area contributed by atoms with Gasteiger partial charge in [-0.2, -0.15) is 0 Å². The Morgan fingerprint density at radius 3 is 2.62 bits per heavy atom. The SMILES string of the molecule is NC(=O)C1(N[C@@H](Cc2c[nH]c3ccccc23)C(=O)O)CCCCC1. The summed E-state index contributed by atoms with van der Waals surface area (Å²) in [6.07, 6.45) is 6.15. The van der Waals surface area contributed by atoms with Gasteiger partial charge in [-0.25, -0.2) is 0 Å². The molecule has 6 heteroatoms. The Balaban J connectivity index is 1.84. The molecule has 1 aromatic heterocycles. The van der Waals surface area contributed by atoms with E-state index in [2.05, 4.69) is 10.3 Å². The number of amides is 1. The van der Waals surface area contributed by atoms with Gasteiger partial charge >= 0.3 is 5.97 Å². The number of fused-ring (bicyclic) bond motifs is 1. The molecule has 5 N–H and O–H groups in total. The number of carbonyl (C=O) groups is 2. The second-order valence-corrected chi connectivity index (χ2v) is 6.61. The van der Waals surface area contributed by atoms with Gasteiger partial charge in [0.2, 0.25) is 5.91 Å². The fourth-order valence-corrected chi connectivity index (χ4v) is 3.67. The largest absolute Gasteiger partial charge is 0.480 e. The van der Waals surface area contributed by atoms with Crippen molar-refractivity contribution >= 4 is 22.8 Å². The maximum absolute atomic E-state index is 12.0. The molecule has 24 heavy (non-hydrogen) atoms. The lowest BCUT2D eigenvalue weighted by Gasteiger charge is -2.37. The van der Waals surface area contributed by atoms with E-state index < -0.39 is 23.5 Å². The fraction of sp³-hybridized carbons (Fsp3) is 0.444. The first kappa shape index (κ1) is 16.5. The topological polar surface area (TPSA) is 108 Å². The van der Waals surface area contributed by atoms with Crippen LogP contribution < -0.4 is 11.1 Å². The summed E-state index contributed by atoms with van der Waals surface area (Å²) in [6, 6.07) is 6.92. The summed E-state index contributed by atoms with van der Waals surface area (Å²) >= 11 is 0. The van der Waals surface area contributed by atoms with Gasteiger partial charge in [0.25, 0.3) is 0 Å². The van der Waals surface area contributed by atoms with Gasteiger partial charge in [-0.1, -0.05) is 37.5 Å². The summed E-state index contributed by atoms with van der Waals surface area (Å²) in [5.74, 6) is -1.42. The van der Waals surface area contributed by atoms with Crippen LogP contribution in [-0.2, 0) is 16.0 Å². The Hall–Kier alpha value is -2.34. The van der Waals surface area contributed by atoms with Crippen molar-refractivity contribution in [2.45, 2.75) is 50.1 Å². The molecule has 0 aliphatic heterocycles. The molecule has 1 fully saturated rings. The number of carboxylic acid groups (broad SMARTS) is 1. The van der Waals surface area contributed by atoms with Crippen molar-refractivity contribution in [2.24, 2.45) is 5.73 Å². The Morgan fingerprint density at radius 1 is 1.25 bits per heavy atom. The summed E-state index contributed by atoms with van der Waals surface area (Å²) in [6.45, 7) is 0. The van der Waals surface area contributed by atoms with Crippen LogP contribution in [0.1, 0.15) is 37.7 Å². The molecule has 1 heterocycles. The summed E-state index contributed by atoms with van der Waals surface area (Å²) in [5.41, 5.74) is 6.59. The van der Waals surface area contributed by atoms with Crippen LogP contribution in [0.2, 0.25) is 0 Å². The molecular formula is C18H23N3O3. The molecule has 0 spiro atoms. The number of nitrogens with two attached hydrogens (primary N) is 1. The first-order valence-corrected chi connectivity index (χ1v) is 8.37. The highest BCUT2D eigenvalue weighted by molar-refractivity contribution is 5.87. The zero-order valence-electron chi connectivity index (χ0n) is 13.5. The van der Waals surface area contributed by atoms with Crippen LogP contribution in [0.25, 0.3) is 10.9 Å². The number of aliphatic carboxylic acids is 1. The Labute approximate surface area is 140 Å². The van der Waals surface area contributed by atoms with E-state index in [4.69, 9.17) is 5.73 Å². The summed E-state index contributed by atoms with van der Waals surface area (Å²) in [7, 11) is 0. The molecule has 0 radical (unpaired) electrons. The van der Waals surface area contributed by atoms with Crippen LogP contribution >= 0.6 is 0 Å². The van der Waals surface area contributed by atoms with Crippen LogP contribution in [0.3, 0.4) is 0 Å². The number of carboxylic acids is 1. The number of H-pyrrole nitrogens is 1. The number of carbonyl (C=O) groups excluding carboxylic acids is 1. The first-order chi connectivity index (χ1) is 11.5. The molecule has 1 aromatic carbocycles. The van der Waals surface area contributed by atoms with Gasteiger partial charge in [-0.3, -0.25) is 14.9 Å². The maximum atomic E-state index is 12.0. The van der Waals surface area contributed by atoms with Gasteiger partial charge in [0.05, 0.1) is 5.54 Å². The molecule has 2 aromatic rings. The van der Waals surface area contributed by atoms with E-state index in [0.717, 1.165) is 35.7 Å². The van der Waals surface area contributed by atoms with Crippen molar-refractivity contribution in [3.05, 3.63) is 36.0 Å². The minimum atomic E-state index is -0.966. The number of aromatic amines is 1. The predicted molar refractivity (Wildman–Crippen MR) is 91.6 cm³/mol. The molecule has 1 amide bonds. The van der Waals surface area contributed by atoms with Gasteiger partial charge in [0.1, 0.15) is 6.04 Å². The highest BCUT2D eigenvalue weighted by Gasteiger charge is 2.41. The predicted octanol–water partition coefficient (Wildman–Crippen LogP) is 1.94. The van der Waals surface area contributed by atoms with E-state index in [1.54, 1.807) is 0 Å². The van der Waals surface area contributed by atoms with Gasteiger partial charge in [0.15, 0.2) is 0 Å². The average molecular weight is 329 g/mol. The third-order valence-corrected chi connectivity index (χ3v) is 5.03. The van der Waals surface area contributed by atoms with Gasteiger partial charge in [-0.05, 0) is 24.5 Å². The highest BCUT2D eigenvalue weighted by atomic mass is 16.4. The van der Waals surface area contributed by atoms with Gasteiger partial charge < -0.3 is 15.8 Å². The van der Waals surface area contributed by atoms with Crippen LogP contribution in [0, 0.1) is 0 Å². The van der Waals surface area contributed by atoms with Crippen molar-refractivity contribution < 1.29 is 14.7 Å². The molecule has 6 nitrogen and oxygen atoms in total. The highest BCUT2D eigenvalue weighted by Crippen LogP contribution is 2.29. The van der Waals surface area contributed by atoms with E-state index in [-0.39, 0.29) is 0 Å². The van der Waals surface area contributed by atoms with Gasteiger partial charge in [-0.15, -0.1) is 0 Å². The molecule has 1 saturated carbocycles. The number of nitrogens with one attached hydrogen (secondary N) is 2. The first-order valence-electron chi connectivity index (χ1n) is 8.37. The average Bonchev–Trinajstić information content (AvgIpc) is 2.98. The van der Waals surface area contributed by atoms with E-state index in [9.17, 15) is 14.7 Å². The lowest BCUT2D eigenvalue weighted by atomic mass is 9.80. The number of hydrogen-bond acceptors (Lipinski definition) is 3. The number of para-hydroxylation sites is 1. The number of hydrogen-bond donors (Lipinski definition) is 4. The lowest BCUT2D eigenvalue weighted by molar-refractivity contribution is -0.141. The van der Waals surface area contributed by atoms with Gasteiger partial charge in [0, 0.05) is 23.5 Å². The molecule has 1 atom stereocenters. The smallest absolute Gasteiger partial charge is 0.321 e. The lowest BCUT2D eigenvalue weighted by Crippen LogP contribution is -2.61. The number of rotatable bonds is 6. The minimum Gasteiger partial charge on any atom is -0.480 e. The van der Waals surface area contributed by atoms with Crippen LogP contribution in [0.4, 0.5) is 0 Å². The maximum Gasteiger partial charge on any atom is 0.321 e. The zero-order chi connectivity index (χ0) is 17.2. The molecule has 0 bridgehead atoms. The molecule has 3 rings (SSSR count). The summed E-state index contributed by atoms with van der Waals surface area (Å²) < 4.78 is 0. The Bertz CT molecular complexity index is 747. The van der Waals surface area contributed by atoms with E-state index in [1.165, 1.54) is 0 Å². The monoisotopic (exact) mass is 329 g/mol. The van der Waals surface area contributed by atoms with Crippen molar-refractivity contribution in [3.8, 4) is 0 Å². The number of benzene rings is 1.